The second-order valence-corrected chi connectivity index (χ2v) is 13.8. The largest absolute Gasteiger partial charge is 0.508 e. The number of ether oxygens (including phenoxy) is 1. The first-order valence-electron chi connectivity index (χ1n) is 15.4. The van der Waals surface area contributed by atoms with Crippen molar-refractivity contribution in [2.75, 3.05) is 19.6 Å². The molecule has 0 radical (unpaired) electrons. The van der Waals surface area contributed by atoms with Gasteiger partial charge in [0, 0.05) is 53.2 Å². The number of likely N-dealkylation sites (tertiary alicyclic amines) is 1. The van der Waals surface area contributed by atoms with Crippen molar-refractivity contribution in [2.45, 2.75) is 82.2 Å². The molecule has 5 nitrogen and oxygen atoms in total. The van der Waals surface area contributed by atoms with Crippen molar-refractivity contribution in [3.63, 3.8) is 0 Å². The first-order chi connectivity index (χ1) is 20.0. The van der Waals surface area contributed by atoms with Crippen molar-refractivity contribution in [2.24, 2.45) is 17.8 Å². The molecule has 0 aromatic heterocycles. The van der Waals surface area contributed by atoms with Crippen molar-refractivity contribution < 1.29 is 32.3 Å². The van der Waals surface area contributed by atoms with E-state index in [1.54, 1.807) is 6.07 Å². The minimum absolute atomic E-state index is 0.242. The van der Waals surface area contributed by atoms with Crippen LogP contribution in [0.4, 0.5) is 13.2 Å². The Hall–Kier alpha value is -3.18. The summed E-state index contributed by atoms with van der Waals surface area (Å²) in [6.07, 6.45) is 1.56. The van der Waals surface area contributed by atoms with E-state index in [0.717, 1.165) is 78.2 Å². The second-order valence-electron chi connectivity index (χ2n) is 13.8. The predicted octanol–water partition coefficient (Wildman–Crippen LogP) is 5.57. The Morgan fingerprint density at radius 2 is 1.90 bits per heavy atom. The number of nitrogens with zero attached hydrogens (tertiary/aromatic N) is 1. The molecule has 5 aliphatic rings. The van der Waals surface area contributed by atoms with Gasteiger partial charge in [-0.3, -0.25) is 4.79 Å². The predicted molar refractivity (Wildman–Crippen MR) is 152 cm³/mol. The Kier molecular flexibility index (Phi) is 6.36. The molecule has 2 bridgehead atoms. The molecular weight excluding hydrogens is 541 g/mol. The van der Waals surface area contributed by atoms with Crippen LogP contribution in [0.3, 0.4) is 0 Å². The van der Waals surface area contributed by atoms with Crippen LogP contribution in [-0.4, -0.2) is 53.3 Å². The van der Waals surface area contributed by atoms with Crippen LogP contribution in [0.1, 0.15) is 68.2 Å². The van der Waals surface area contributed by atoms with Gasteiger partial charge in [0.15, 0.2) is 0 Å². The van der Waals surface area contributed by atoms with Crippen LogP contribution in [0.15, 0.2) is 36.4 Å². The van der Waals surface area contributed by atoms with E-state index in [-0.39, 0.29) is 17.6 Å². The van der Waals surface area contributed by atoms with Gasteiger partial charge in [-0.1, -0.05) is 19.8 Å². The Labute approximate surface area is 245 Å². The van der Waals surface area contributed by atoms with Crippen molar-refractivity contribution >= 4 is 5.91 Å². The molecule has 2 aliphatic heterocycles. The maximum absolute atomic E-state index is 13.0. The van der Waals surface area contributed by atoms with Crippen LogP contribution in [0.5, 0.6) is 11.5 Å². The number of amides is 1. The summed E-state index contributed by atoms with van der Waals surface area (Å²) in [6, 6.07) is 8.33. The molecule has 2 aromatic rings. The van der Waals surface area contributed by atoms with Crippen molar-refractivity contribution in [3.05, 3.63) is 58.7 Å². The first kappa shape index (κ1) is 27.6. The number of benzene rings is 2. The highest BCUT2D eigenvalue weighted by molar-refractivity contribution is 5.94. The lowest BCUT2D eigenvalue weighted by atomic mass is 9.50. The molecule has 7 rings (SSSR count). The summed E-state index contributed by atoms with van der Waals surface area (Å²) in [7, 11) is 0. The Bertz CT molecular complexity index is 1470. The van der Waals surface area contributed by atoms with E-state index in [1.807, 2.05) is 6.07 Å². The van der Waals surface area contributed by atoms with Gasteiger partial charge < -0.3 is 19.6 Å². The molecule has 1 unspecified atom stereocenters. The lowest BCUT2D eigenvalue weighted by molar-refractivity contribution is -0.966. The highest BCUT2D eigenvalue weighted by Crippen LogP contribution is 2.64. The molecule has 1 saturated heterocycles. The summed E-state index contributed by atoms with van der Waals surface area (Å²) in [5.41, 5.74) is 1.54. The van der Waals surface area contributed by atoms with Gasteiger partial charge in [0.2, 0.25) is 0 Å². The normalized spacial score (nSPS) is 32.4. The quantitative estimate of drug-likeness (QED) is 0.360. The van der Waals surface area contributed by atoms with Crippen LogP contribution in [0.25, 0.3) is 0 Å². The number of aromatic hydroxyl groups is 1. The fourth-order valence-electron chi connectivity index (χ4n) is 9.20. The van der Waals surface area contributed by atoms with Gasteiger partial charge in [-0.2, -0.15) is 13.2 Å². The van der Waals surface area contributed by atoms with Gasteiger partial charge in [0.05, 0.1) is 42.7 Å². The van der Waals surface area contributed by atoms with E-state index in [1.165, 1.54) is 31.5 Å². The molecule has 1 spiro atoms. The SMILES string of the molecule is CC(C)C[N+]1(CC2CC2)CC[C@@]23c4c5ccc(O)c4C[C@@H]1[C@@H]2CC[C@@H](NC(=O)C#Cc1ccc(C(F)(F)F)cc1)[C@@H]3O5. The third-order valence-corrected chi connectivity index (χ3v) is 10.7. The monoisotopic (exact) mass is 579 g/mol. The number of phenols is 1. The maximum atomic E-state index is 13.0. The van der Waals surface area contributed by atoms with E-state index in [9.17, 15) is 23.1 Å². The maximum Gasteiger partial charge on any atom is 0.416 e. The van der Waals surface area contributed by atoms with Crippen LogP contribution in [0.2, 0.25) is 0 Å². The number of hydrogen-bond donors (Lipinski definition) is 2. The molecule has 3 aliphatic carbocycles. The highest BCUT2D eigenvalue weighted by atomic mass is 19.4. The molecule has 42 heavy (non-hydrogen) atoms. The van der Waals surface area contributed by atoms with E-state index in [4.69, 9.17) is 4.74 Å². The average Bonchev–Trinajstić information content (AvgIpc) is 3.68. The van der Waals surface area contributed by atoms with Crippen molar-refractivity contribution in [1.29, 1.82) is 0 Å². The number of hydrogen-bond acceptors (Lipinski definition) is 3. The molecule has 222 valence electrons. The molecule has 1 amide bonds. The van der Waals surface area contributed by atoms with E-state index >= 15 is 0 Å². The van der Waals surface area contributed by atoms with Gasteiger partial charge in [0.25, 0.3) is 5.91 Å². The number of quaternary nitrogens is 1. The van der Waals surface area contributed by atoms with Crippen LogP contribution in [0, 0.1) is 29.6 Å². The van der Waals surface area contributed by atoms with Crippen LogP contribution >= 0.6 is 0 Å². The number of nitrogens with one attached hydrogen (secondary N) is 1. The smallest absolute Gasteiger partial charge is 0.416 e. The molecule has 2 heterocycles. The third-order valence-electron chi connectivity index (χ3n) is 10.7. The molecular formula is C34H38F3N2O3+. The van der Waals surface area contributed by atoms with Gasteiger partial charge in [0.1, 0.15) is 17.6 Å². The van der Waals surface area contributed by atoms with Crippen LogP contribution in [-0.2, 0) is 22.8 Å². The van der Waals surface area contributed by atoms with E-state index in [2.05, 4.69) is 31.0 Å². The summed E-state index contributed by atoms with van der Waals surface area (Å²) in [5.74, 6) is 7.82. The van der Waals surface area contributed by atoms with Crippen LogP contribution < -0.4 is 10.1 Å². The molecule has 6 atom stereocenters. The van der Waals surface area contributed by atoms with E-state index < -0.39 is 17.6 Å². The lowest BCUT2D eigenvalue weighted by Gasteiger charge is -2.63. The van der Waals surface area contributed by atoms with Gasteiger partial charge in [-0.05, 0) is 62.1 Å². The second kappa shape index (κ2) is 9.67. The van der Waals surface area contributed by atoms with Crippen molar-refractivity contribution in [1.82, 2.24) is 5.32 Å². The summed E-state index contributed by atoms with van der Waals surface area (Å²) >= 11 is 0. The first-order valence-corrected chi connectivity index (χ1v) is 15.4. The lowest BCUT2D eigenvalue weighted by Crippen LogP contribution is -2.75. The summed E-state index contributed by atoms with van der Waals surface area (Å²) in [5, 5.41) is 14.2. The standard InChI is InChI=1S/C34H37F3N2O3/c1-20(2)18-39(19-22-3-4-22)16-15-33-25-10-11-26(32(33)42-29-13-12-28(40)24(31(29)33)17-27(25)39)38-30(41)14-7-21-5-8-23(9-6-21)34(35,36)37/h5-6,8-9,12-13,20,22,25-27,32H,3-4,10-11,15-19H2,1-2H3,(H-,38,40,41)/p+1/t25-,26+,27+,32-,33-,39?/m0/s1. The molecule has 3 fully saturated rings. The van der Waals surface area contributed by atoms with Gasteiger partial charge in [-0.15, -0.1) is 0 Å². The topological polar surface area (TPSA) is 58.6 Å². The molecule has 8 heteroatoms. The number of carbonyl (C=O) groups is 1. The zero-order valence-electron chi connectivity index (χ0n) is 24.1. The summed E-state index contributed by atoms with van der Waals surface area (Å²) in [4.78, 5) is 13.0. The Morgan fingerprint density at radius 3 is 2.60 bits per heavy atom. The molecule has 2 saturated carbocycles. The minimum Gasteiger partial charge on any atom is -0.508 e. The van der Waals surface area contributed by atoms with E-state index in [0.29, 0.717) is 29.2 Å². The number of carbonyl (C=O) groups excluding carboxylic acids is 1. The molecule has 2 aromatic carbocycles. The van der Waals surface area contributed by atoms with Gasteiger partial charge in [-0.25, -0.2) is 0 Å². The fourth-order valence-corrected chi connectivity index (χ4v) is 9.20. The average molecular weight is 580 g/mol. The fraction of sp³-hybridized carbons (Fsp3) is 0.559. The number of alkyl halides is 3. The molecule has 2 N–H and O–H groups in total. The minimum atomic E-state index is -4.42. The highest BCUT2D eigenvalue weighted by Gasteiger charge is 2.70. The van der Waals surface area contributed by atoms with Crippen molar-refractivity contribution in [3.8, 4) is 23.3 Å². The third kappa shape index (κ3) is 4.38. The Balaban J connectivity index is 1.18. The number of halogens is 3. The number of piperidine rings is 1. The number of rotatable bonds is 5. The van der Waals surface area contributed by atoms with Gasteiger partial charge >= 0.3 is 6.18 Å². The summed E-state index contributed by atoms with van der Waals surface area (Å²) < 4.78 is 46.5. The summed E-state index contributed by atoms with van der Waals surface area (Å²) in [6.45, 7) is 8.09. The zero-order valence-corrected chi connectivity index (χ0v) is 24.1. The Morgan fingerprint density at radius 1 is 1.14 bits per heavy atom. The zero-order chi connectivity index (χ0) is 29.4. The number of phenolic OH excluding ortho intramolecular Hbond substituents is 1.